The van der Waals surface area contributed by atoms with E-state index in [2.05, 4.69) is 33.1 Å². The zero-order valence-corrected chi connectivity index (χ0v) is 15.2. The molecule has 2 saturated carbocycles. The van der Waals surface area contributed by atoms with Gasteiger partial charge in [0.05, 0.1) is 12.6 Å². The van der Waals surface area contributed by atoms with Gasteiger partial charge >= 0.3 is 0 Å². The number of amides is 1. The Hall–Kier alpha value is -2.44. The second-order valence-electron chi connectivity index (χ2n) is 7.55. The average Bonchev–Trinajstić information content (AvgIpc) is 3.38. The quantitative estimate of drug-likeness (QED) is 0.833. The molecule has 1 heterocycles. The molecule has 0 spiro atoms. The van der Waals surface area contributed by atoms with E-state index >= 15 is 0 Å². The van der Waals surface area contributed by atoms with Crippen molar-refractivity contribution >= 4 is 11.6 Å². The number of carbonyl (C=O) groups excluding carboxylic acids is 1. The molecule has 2 aliphatic rings. The minimum atomic E-state index is 0.0527. The monoisotopic (exact) mass is 354 g/mol. The Balaban J connectivity index is 1.36. The Kier molecular flexibility index (Phi) is 4.86. The normalized spacial score (nSPS) is 22.8. The van der Waals surface area contributed by atoms with Crippen LogP contribution in [-0.4, -0.2) is 38.7 Å². The fourth-order valence-corrected chi connectivity index (χ4v) is 3.69. The Labute approximate surface area is 153 Å². The fourth-order valence-electron chi connectivity index (χ4n) is 3.69. The number of nitrogens with one attached hydrogen (secondary N) is 2. The Morgan fingerprint density at radius 3 is 2.88 bits per heavy atom. The molecule has 2 N–H and O–H groups in total. The van der Waals surface area contributed by atoms with Crippen LogP contribution in [0.5, 0.6) is 0 Å². The maximum atomic E-state index is 12.3. The second-order valence-corrected chi connectivity index (χ2v) is 7.55. The van der Waals surface area contributed by atoms with Gasteiger partial charge in [-0.1, -0.05) is 31.9 Å². The van der Waals surface area contributed by atoms with Gasteiger partial charge in [0.25, 0.3) is 0 Å². The predicted octanol–water partition coefficient (Wildman–Crippen LogP) is 2.78. The van der Waals surface area contributed by atoms with Crippen LogP contribution in [0.3, 0.4) is 0 Å². The van der Waals surface area contributed by atoms with Crippen molar-refractivity contribution < 1.29 is 4.79 Å². The van der Waals surface area contributed by atoms with Crippen LogP contribution in [0, 0.1) is 5.92 Å². The lowest BCUT2D eigenvalue weighted by atomic mass is 9.86. The summed E-state index contributed by atoms with van der Waals surface area (Å²) < 4.78 is 1.90. The third-order valence-electron chi connectivity index (χ3n) is 5.42. The average molecular weight is 354 g/mol. The number of hydrogen-bond acceptors (Lipinski definition) is 5. The highest BCUT2D eigenvalue weighted by atomic mass is 16.2. The first-order chi connectivity index (χ1) is 12.7. The maximum absolute atomic E-state index is 12.3. The molecule has 26 heavy (non-hydrogen) atoms. The summed E-state index contributed by atoms with van der Waals surface area (Å²) in [4.78, 5) is 12.3. The summed E-state index contributed by atoms with van der Waals surface area (Å²) >= 11 is 0. The van der Waals surface area contributed by atoms with Crippen LogP contribution >= 0.6 is 0 Å². The van der Waals surface area contributed by atoms with Crippen LogP contribution in [-0.2, 0) is 4.79 Å². The summed E-state index contributed by atoms with van der Waals surface area (Å²) in [7, 11) is 0. The fraction of sp³-hybridized carbons (Fsp3) is 0.579. The molecule has 2 aromatic rings. The number of aromatic nitrogens is 4. The van der Waals surface area contributed by atoms with E-state index in [-0.39, 0.29) is 12.5 Å². The van der Waals surface area contributed by atoms with Crippen LogP contribution in [0.15, 0.2) is 24.3 Å². The molecule has 0 radical (unpaired) electrons. The summed E-state index contributed by atoms with van der Waals surface area (Å²) in [5.74, 6) is 1.41. The highest BCUT2D eigenvalue weighted by Crippen LogP contribution is 2.36. The summed E-state index contributed by atoms with van der Waals surface area (Å²) in [6.07, 6.45) is 7.05. The predicted molar refractivity (Wildman–Crippen MR) is 99.6 cm³/mol. The van der Waals surface area contributed by atoms with Crippen LogP contribution < -0.4 is 10.6 Å². The van der Waals surface area contributed by atoms with Gasteiger partial charge in [0, 0.05) is 17.3 Å². The van der Waals surface area contributed by atoms with E-state index in [4.69, 9.17) is 0 Å². The summed E-state index contributed by atoms with van der Waals surface area (Å²) in [5, 5.41) is 18.5. The highest BCUT2D eigenvalue weighted by Gasteiger charge is 2.28. The van der Waals surface area contributed by atoms with Crippen LogP contribution in [0.2, 0.25) is 0 Å². The third-order valence-corrected chi connectivity index (χ3v) is 5.42. The van der Waals surface area contributed by atoms with E-state index in [1.54, 1.807) is 0 Å². The summed E-state index contributed by atoms with van der Waals surface area (Å²) in [5.41, 5.74) is 1.87. The van der Waals surface area contributed by atoms with Crippen molar-refractivity contribution in [1.29, 1.82) is 0 Å². The molecular weight excluding hydrogens is 328 g/mol. The zero-order valence-electron chi connectivity index (χ0n) is 15.2. The molecular formula is C19H26N6O. The molecule has 7 nitrogen and oxygen atoms in total. The molecule has 1 amide bonds. The number of tetrazole rings is 1. The number of carbonyl (C=O) groups is 1. The molecule has 1 aromatic heterocycles. The number of benzene rings is 1. The van der Waals surface area contributed by atoms with E-state index in [0.29, 0.717) is 18.0 Å². The largest absolute Gasteiger partial charge is 0.376 e. The van der Waals surface area contributed by atoms with Gasteiger partial charge < -0.3 is 10.6 Å². The first-order valence-electron chi connectivity index (χ1n) is 9.62. The van der Waals surface area contributed by atoms with Gasteiger partial charge in [0.15, 0.2) is 5.82 Å². The Bertz CT molecular complexity index is 769. The van der Waals surface area contributed by atoms with Gasteiger partial charge in [-0.15, -0.1) is 5.10 Å². The van der Waals surface area contributed by atoms with E-state index in [9.17, 15) is 4.79 Å². The maximum Gasteiger partial charge on any atom is 0.239 e. The second kappa shape index (κ2) is 7.43. The number of hydrogen-bond donors (Lipinski definition) is 2. The van der Waals surface area contributed by atoms with Gasteiger partial charge in [-0.3, -0.25) is 4.79 Å². The zero-order chi connectivity index (χ0) is 17.9. The van der Waals surface area contributed by atoms with Crippen LogP contribution in [0.4, 0.5) is 5.69 Å². The first kappa shape index (κ1) is 17.0. The lowest BCUT2D eigenvalue weighted by Crippen LogP contribution is -2.43. The lowest BCUT2D eigenvalue weighted by molar-refractivity contribution is -0.120. The van der Waals surface area contributed by atoms with Gasteiger partial charge in [-0.2, -0.15) is 0 Å². The van der Waals surface area contributed by atoms with Gasteiger partial charge in [-0.05, 0) is 54.2 Å². The van der Waals surface area contributed by atoms with E-state index in [1.165, 1.54) is 19.3 Å². The number of anilines is 1. The number of nitrogens with zero attached hydrogens (tertiary/aromatic N) is 4. The molecule has 0 bridgehead atoms. The van der Waals surface area contributed by atoms with Crippen molar-refractivity contribution in [2.75, 3.05) is 11.9 Å². The van der Waals surface area contributed by atoms with Crippen molar-refractivity contribution in [2.45, 2.75) is 57.5 Å². The minimum Gasteiger partial charge on any atom is -0.376 e. The van der Waals surface area contributed by atoms with Crippen molar-refractivity contribution in [1.82, 2.24) is 25.5 Å². The molecule has 138 valence electrons. The van der Waals surface area contributed by atoms with E-state index < -0.39 is 0 Å². The van der Waals surface area contributed by atoms with Gasteiger partial charge in [0.1, 0.15) is 0 Å². The Morgan fingerprint density at radius 1 is 1.23 bits per heavy atom. The van der Waals surface area contributed by atoms with Crippen molar-refractivity contribution in [2.24, 2.45) is 5.92 Å². The molecule has 2 atom stereocenters. The summed E-state index contributed by atoms with van der Waals surface area (Å²) in [6.45, 7) is 2.51. The third kappa shape index (κ3) is 3.86. The van der Waals surface area contributed by atoms with Gasteiger partial charge in [-0.25, -0.2) is 4.68 Å². The SMILES string of the molecule is C[C@@H]1CCCC[C@@H]1NC(=O)CNc1cccc(-c2nnnn2C2CC2)c1. The summed E-state index contributed by atoms with van der Waals surface area (Å²) in [6, 6.07) is 8.67. The van der Waals surface area contributed by atoms with Crippen LogP contribution in [0.1, 0.15) is 51.5 Å². The molecule has 4 rings (SSSR count). The smallest absolute Gasteiger partial charge is 0.239 e. The van der Waals surface area contributed by atoms with E-state index in [0.717, 1.165) is 36.3 Å². The minimum absolute atomic E-state index is 0.0527. The van der Waals surface area contributed by atoms with Crippen LogP contribution in [0.25, 0.3) is 11.4 Å². The van der Waals surface area contributed by atoms with Crippen molar-refractivity contribution in [3.05, 3.63) is 24.3 Å². The standard InChI is InChI=1S/C19H26N6O/c1-13-5-2-3-8-17(13)21-18(26)12-20-15-7-4-6-14(11-15)19-22-23-24-25(19)16-9-10-16/h4,6-7,11,13,16-17,20H,2-3,5,8-10,12H2,1H3,(H,21,26)/t13-,17+/m1/s1. The molecule has 7 heteroatoms. The first-order valence-corrected chi connectivity index (χ1v) is 9.62. The molecule has 0 unspecified atom stereocenters. The number of rotatable bonds is 6. The topological polar surface area (TPSA) is 84.7 Å². The lowest BCUT2D eigenvalue weighted by Gasteiger charge is -2.29. The van der Waals surface area contributed by atoms with Crippen molar-refractivity contribution in [3.63, 3.8) is 0 Å². The molecule has 0 saturated heterocycles. The van der Waals surface area contributed by atoms with E-state index in [1.807, 2.05) is 28.9 Å². The molecule has 2 aliphatic carbocycles. The van der Waals surface area contributed by atoms with Crippen molar-refractivity contribution in [3.8, 4) is 11.4 Å². The molecule has 0 aliphatic heterocycles. The molecule has 2 fully saturated rings. The Morgan fingerprint density at radius 2 is 2.08 bits per heavy atom. The molecule has 1 aromatic carbocycles. The van der Waals surface area contributed by atoms with Gasteiger partial charge in [0.2, 0.25) is 5.91 Å². The highest BCUT2D eigenvalue weighted by molar-refractivity contribution is 5.81.